The Morgan fingerprint density at radius 1 is 1.27 bits per heavy atom. The molecule has 3 heterocycles. The van der Waals surface area contributed by atoms with Crippen molar-refractivity contribution in [2.45, 2.75) is 50.5 Å². The van der Waals surface area contributed by atoms with Crippen LogP contribution in [0.4, 0.5) is 5.69 Å². The monoisotopic (exact) mass is 442 g/mol. The number of thioether (sulfide) groups is 1. The number of hydrogen-bond donors (Lipinski definition) is 0. The van der Waals surface area contributed by atoms with E-state index in [0.29, 0.717) is 12.3 Å². The van der Waals surface area contributed by atoms with Gasteiger partial charge in [-0.2, -0.15) is 0 Å². The van der Waals surface area contributed by atoms with Crippen molar-refractivity contribution in [1.29, 1.82) is 0 Å². The van der Waals surface area contributed by atoms with E-state index >= 15 is 0 Å². The number of nitrogens with zero attached hydrogens (tertiary/aromatic N) is 4. The Morgan fingerprint density at radius 3 is 2.77 bits per heavy atom. The highest BCUT2D eigenvalue weighted by atomic mass is 32.2. The van der Waals surface area contributed by atoms with Gasteiger partial charge in [-0.15, -0.1) is 21.5 Å². The van der Waals surface area contributed by atoms with E-state index in [4.69, 9.17) is 4.74 Å². The summed E-state index contributed by atoms with van der Waals surface area (Å²) >= 11 is 3.09. The van der Waals surface area contributed by atoms with Gasteiger partial charge in [0, 0.05) is 18.3 Å². The van der Waals surface area contributed by atoms with E-state index in [1.54, 1.807) is 11.3 Å². The summed E-state index contributed by atoms with van der Waals surface area (Å²) in [6.45, 7) is 5.58. The molecule has 0 N–H and O–H groups in total. The second-order valence-electron chi connectivity index (χ2n) is 7.51. The summed E-state index contributed by atoms with van der Waals surface area (Å²) in [4.78, 5) is 16.0. The van der Waals surface area contributed by atoms with Gasteiger partial charge in [0.1, 0.15) is 0 Å². The van der Waals surface area contributed by atoms with Crippen LogP contribution >= 0.6 is 23.1 Å². The van der Waals surface area contributed by atoms with Crippen LogP contribution in [-0.2, 0) is 16.1 Å². The Hall–Kier alpha value is -2.16. The second-order valence-corrected chi connectivity index (χ2v) is 9.40. The Balaban J connectivity index is 1.53. The first-order chi connectivity index (χ1) is 14.6. The normalized spacial score (nSPS) is 16.3. The van der Waals surface area contributed by atoms with Crippen molar-refractivity contribution in [2.75, 3.05) is 17.3 Å². The number of rotatable bonds is 8. The molecule has 30 heavy (non-hydrogen) atoms. The molecule has 1 fully saturated rings. The summed E-state index contributed by atoms with van der Waals surface area (Å²) in [6, 6.07) is 14.0. The summed E-state index contributed by atoms with van der Waals surface area (Å²) < 4.78 is 7.96. The van der Waals surface area contributed by atoms with Crippen molar-refractivity contribution in [2.24, 2.45) is 0 Å². The van der Waals surface area contributed by atoms with Crippen LogP contribution in [0.1, 0.15) is 26.7 Å². The Kier molecular flexibility index (Phi) is 6.86. The molecular formula is C22H26N4O2S2. The SMILES string of the molecule is CC(C)N(C(=O)CSc1nnc(-c2cccs2)n1C[C@@H]1CCCO1)c1ccccc1. The maximum Gasteiger partial charge on any atom is 0.237 e. The minimum atomic E-state index is 0.0607. The van der Waals surface area contributed by atoms with Crippen molar-refractivity contribution < 1.29 is 9.53 Å². The predicted octanol–water partition coefficient (Wildman–Crippen LogP) is 4.72. The molecule has 1 aliphatic rings. The summed E-state index contributed by atoms with van der Waals surface area (Å²) in [5, 5.41) is 11.7. The van der Waals surface area contributed by atoms with E-state index in [0.717, 1.165) is 41.0 Å². The van der Waals surface area contributed by atoms with Crippen molar-refractivity contribution in [3.05, 3.63) is 47.8 Å². The van der Waals surface area contributed by atoms with Crippen molar-refractivity contribution >= 4 is 34.7 Å². The van der Waals surface area contributed by atoms with E-state index in [9.17, 15) is 4.79 Å². The zero-order valence-electron chi connectivity index (χ0n) is 17.2. The van der Waals surface area contributed by atoms with Crippen molar-refractivity contribution in [3.63, 3.8) is 0 Å². The number of para-hydroxylation sites is 1. The molecule has 2 aromatic heterocycles. The van der Waals surface area contributed by atoms with Gasteiger partial charge in [-0.3, -0.25) is 9.36 Å². The van der Waals surface area contributed by atoms with Crippen LogP contribution in [0.3, 0.4) is 0 Å². The van der Waals surface area contributed by atoms with Gasteiger partial charge in [0.15, 0.2) is 11.0 Å². The van der Waals surface area contributed by atoms with E-state index in [1.807, 2.05) is 60.5 Å². The van der Waals surface area contributed by atoms with E-state index in [1.165, 1.54) is 11.8 Å². The first kappa shape index (κ1) is 21.1. The molecule has 1 amide bonds. The number of carbonyl (C=O) groups excluding carboxylic acids is 1. The molecular weight excluding hydrogens is 416 g/mol. The van der Waals surface area contributed by atoms with Gasteiger partial charge >= 0.3 is 0 Å². The zero-order valence-corrected chi connectivity index (χ0v) is 18.9. The lowest BCUT2D eigenvalue weighted by atomic mass is 10.2. The van der Waals surface area contributed by atoms with Crippen LogP contribution in [0.15, 0.2) is 53.0 Å². The molecule has 4 rings (SSSR count). The number of thiophene rings is 1. The van der Waals surface area contributed by atoms with Gasteiger partial charge in [-0.1, -0.05) is 36.0 Å². The van der Waals surface area contributed by atoms with Gasteiger partial charge in [0.2, 0.25) is 5.91 Å². The van der Waals surface area contributed by atoms with Crippen molar-refractivity contribution in [1.82, 2.24) is 14.8 Å². The third-order valence-corrected chi connectivity index (χ3v) is 6.83. The molecule has 0 bridgehead atoms. The summed E-state index contributed by atoms with van der Waals surface area (Å²) in [5.41, 5.74) is 0.915. The fourth-order valence-electron chi connectivity index (χ4n) is 3.65. The molecule has 0 saturated carbocycles. The van der Waals surface area contributed by atoms with Gasteiger partial charge in [0.05, 0.1) is 23.3 Å². The average Bonchev–Trinajstić information content (AvgIpc) is 3.50. The highest BCUT2D eigenvalue weighted by Gasteiger charge is 2.24. The number of ether oxygens (including phenoxy) is 1. The first-order valence-corrected chi connectivity index (χ1v) is 12.1. The van der Waals surface area contributed by atoms with Crippen LogP contribution in [0, 0.1) is 0 Å². The number of aromatic nitrogens is 3. The zero-order chi connectivity index (χ0) is 20.9. The largest absolute Gasteiger partial charge is 0.376 e. The fraction of sp³-hybridized carbons (Fsp3) is 0.409. The predicted molar refractivity (Wildman–Crippen MR) is 122 cm³/mol. The third kappa shape index (κ3) is 4.77. The maximum absolute atomic E-state index is 13.1. The summed E-state index contributed by atoms with van der Waals surface area (Å²) in [7, 11) is 0. The number of benzene rings is 1. The lowest BCUT2D eigenvalue weighted by Crippen LogP contribution is -2.38. The van der Waals surface area contributed by atoms with Gasteiger partial charge < -0.3 is 9.64 Å². The molecule has 0 aliphatic carbocycles. The molecule has 3 aromatic rings. The number of hydrogen-bond acceptors (Lipinski definition) is 6. The molecule has 0 spiro atoms. The van der Waals surface area contributed by atoms with Gasteiger partial charge in [-0.25, -0.2) is 0 Å². The number of carbonyl (C=O) groups is 1. The molecule has 1 saturated heterocycles. The van der Waals surface area contributed by atoms with Gasteiger partial charge in [0.25, 0.3) is 0 Å². The van der Waals surface area contributed by atoms with Crippen LogP contribution in [-0.4, -0.2) is 45.2 Å². The summed E-state index contributed by atoms with van der Waals surface area (Å²) in [6.07, 6.45) is 2.30. The molecule has 158 valence electrons. The van der Waals surface area contributed by atoms with Crippen LogP contribution < -0.4 is 4.90 Å². The van der Waals surface area contributed by atoms with Crippen molar-refractivity contribution in [3.8, 4) is 10.7 Å². The highest BCUT2D eigenvalue weighted by Crippen LogP contribution is 2.29. The third-order valence-electron chi connectivity index (χ3n) is 5.01. The fourth-order valence-corrected chi connectivity index (χ4v) is 5.18. The quantitative estimate of drug-likeness (QED) is 0.473. The topological polar surface area (TPSA) is 60.2 Å². The Bertz CT molecular complexity index is 951. The maximum atomic E-state index is 13.1. The van der Waals surface area contributed by atoms with E-state index < -0.39 is 0 Å². The van der Waals surface area contributed by atoms with Gasteiger partial charge in [-0.05, 0) is 50.3 Å². The standard InChI is InChI=1S/C22H26N4O2S2/c1-16(2)26(17-8-4-3-5-9-17)20(27)15-30-22-24-23-21(19-11-7-13-29-19)25(22)14-18-10-6-12-28-18/h3-5,7-9,11,13,16,18H,6,10,12,14-15H2,1-2H3/t18-/m0/s1. The molecule has 1 atom stereocenters. The summed E-state index contributed by atoms with van der Waals surface area (Å²) in [5.74, 6) is 1.21. The van der Waals surface area contributed by atoms with Crippen LogP contribution in [0.2, 0.25) is 0 Å². The molecule has 0 radical (unpaired) electrons. The Labute approximate surface area is 185 Å². The smallest absolute Gasteiger partial charge is 0.237 e. The first-order valence-electron chi connectivity index (χ1n) is 10.2. The molecule has 6 nitrogen and oxygen atoms in total. The lowest BCUT2D eigenvalue weighted by molar-refractivity contribution is -0.116. The molecule has 1 aromatic carbocycles. The number of anilines is 1. The number of amides is 1. The van der Waals surface area contributed by atoms with Crippen LogP contribution in [0.25, 0.3) is 10.7 Å². The van der Waals surface area contributed by atoms with E-state index in [2.05, 4.69) is 20.8 Å². The minimum Gasteiger partial charge on any atom is -0.376 e. The van der Waals surface area contributed by atoms with E-state index in [-0.39, 0.29) is 18.1 Å². The lowest BCUT2D eigenvalue weighted by Gasteiger charge is -2.26. The molecule has 0 unspecified atom stereocenters. The minimum absolute atomic E-state index is 0.0607. The van der Waals surface area contributed by atoms with Crippen LogP contribution in [0.5, 0.6) is 0 Å². The average molecular weight is 443 g/mol. The molecule has 1 aliphatic heterocycles. The second kappa shape index (κ2) is 9.76. The molecule has 8 heteroatoms. The highest BCUT2D eigenvalue weighted by molar-refractivity contribution is 7.99. The Morgan fingerprint density at radius 2 is 2.10 bits per heavy atom.